The van der Waals surface area contributed by atoms with Gasteiger partial charge in [0.2, 0.25) is 0 Å². The van der Waals surface area contributed by atoms with E-state index in [1.807, 2.05) is 0 Å². The molecule has 2 heteroatoms. The third kappa shape index (κ3) is 4.58. The van der Waals surface area contributed by atoms with E-state index in [2.05, 4.69) is 80.1 Å². The smallest absolute Gasteiger partial charge is 0.00502 e. The lowest BCUT2D eigenvalue weighted by atomic mass is 9.76. The van der Waals surface area contributed by atoms with Crippen molar-refractivity contribution in [1.82, 2.24) is 0 Å². The van der Waals surface area contributed by atoms with Gasteiger partial charge in [0.15, 0.2) is 0 Å². The molecule has 24 heavy (non-hydrogen) atoms. The molecule has 0 unspecified atom stereocenters. The van der Waals surface area contributed by atoms with Crippen LogP contribution in [0.3, 0.4) is 0 Å². The summed E-state index contributed by atoms with van der Waals surface area (Å²) in [5, 5.41) is 0. The van der Waals surface area contributed by atoms with Crippen molar-refractivity contribution in [2.75, 3.05) is 24.6 Å². The zero-order valence-electron chi connectivity index (χ0n) is 16.3. The van der Waals surface area contributed by atoms with Crippen LogP contribution in [0.5, 0.6) is 0 Å². The van der Waals surface area contributed by atoms with Crippen LogP contribution in [-0.4, -0.2) is 36.0 Å². The van der Waals surface area contributed by atoms with Gasteiger partial charge in [0.25, 0.3) is 0 Å². The summed E-state index contributed by atoms with van der Waals surface area (Å²) < 4.78 is 0. The van der Waals surface area contributed by atoms with Crippen LogP contribution in [0.15, 0.2) is 0 Å². The normalized spacial score (nSPS) is 24.5. The Bertz CT molecular complexity index is 314. The van der Waals surface area contributed by atoms with Crippen molar-refractivity contribution in [1.29, 1.82) is 0 Å². The Morgan fingerprint density at radius 2 is 0.958 bits per heavy atom. The van der Waals surface area contributed by atoms with Crippen LogP contribution in [0.1, 0.15) is 41.5 Å². The van der Waals surface area contributed by atoms with Crippen LogP contribution in [-0.2, 0) is 0 Å². The van der Waals surface area contributed by atoms with Gasteiger partial charge in [-0.15, -0.1) is 15.8 Å². The molecule has 0 heterocycles. The molecule has 2 atom stereocenters. The molecule has 0 aromatic carbocycles. The molecule has 0 spiro atoms. The molecule has 0 aliphatic heterocycles. The molecule has 0 N–H and O–H groups in total. The fraction of sp³-hybridized carbons (Fsp3) is 0.545. The minimum absolute atomic E-state index is 0.100. The van der Waals surface area contributed by atoms with Crippen molar-refractivity contribution in [3.05, 3.63) is 62.2 Å². The van der Waals surface area contributed by atoms with Gasteiger partial charge in [-0.25, -0.2) is 0 Å². The fourth-order valence-electron chi connectivity index (χ4n) is 4.02. The minimum atomic E-state index is 0.100. The van der Waals surface area contributed by atoms with Crippen molar-refractivity contribution in [3.63, 3.8) is 0 Å². The van der Waals surface area contributed by atoms with Crippen LogP contribution in [0.25, 0.3) is 0 Å². The standard InChI is InChI=1S/C22H34P2/c1-7-23(8-2)17(5)19-13-11-15-21(19)22-16-12-14-20(22)18(6)24(9-3)10-4/h11-18H,7-10H2,1-6H3/t17-,18-/m1/s1. The lowest BCUT2D eigenvalue weighted by molar-refractivity contribution is 0.852. The van der Waals surface area contributed by atoms with E-state index in [-0.39, 0.29) is 15.8 Å². The Labute approximate surface area is 155 Å². The van der Waals surface area contributed by atoms with E-state index in [4.69, 9.17) is 0 Å². The monoisotopic (exact) mass is 360 g/mol. The Kier molecular flexibility index (Phi) is 9.05. The molecule has 0 amide bonds. The van der Waals surface area contributed by atoms with Crippen molar-refractivity contribution < 1.29 is 0 Å². The lowest BCUT2D eigenvalue weighted by Crippen LogP contribution is -2.28. The van der Waals surface area contributed by atoms with E-state index in [0.717, 1.165) is 0 Å². The molecular formula is C22H34P2. The molecule has 0 nitrogen and oxygen atoms in total. The second-order valence-electron chi connectivity index (χ2n) is 6.58. The van der Waals surface area contributed by atoms with Gasteiger partial charge in [-0.05, 0) is 98.2 Å². The van der Waals surface area contributed by atoms with Gasteiger partial charge in [0.05, 0.1) is 0 Å². The van der Waals surface area contributed by atoms with Gasteiger partial charge >= 0.3 is 0 Å². The molecule has 0 saturated heterocycles. The highest BCUT2D eigenvalue weighted by Crippen LogP contribution is 2.60. The molecule has 2 aliphatic rings. The van der Waals surface area contributed by atoms with Crippen molar-refractivity contribution in [2.45, 2.75) is 52.9 Å². The van der Waals surface area contributed by atoms with Crippen molar-refractivity contribution in [2.24, 2.45) is 0 Å². The minimum Gasteiger partial charge on any atom is -0.104 e. The van der Waals surface area contributed by atoms with Crippen LogP contribution < -0.4 is 0 Å². The Morgan fingerprint density at radius 3 is 1.25 bits per heavy atom. The van der Waals surface area contributed by atoms with Crippen LogP contribution >= 0.6 is 15.8 Å². The van der Waals surface area contributed by atoms with Crippen molar-refractivity contribution >= 4 is 15.8 Å². The van der Waals surface area contributed by atoms with Crippen LogP contribution in [0, 0.1) is 62.2 Å². The maximum absolute atomic E-state index is 2.45. The van der Waals surface area contributed by atoms with Crippen LogP contribution in [0.2, 0.25) is 0 Å². The summed E-state index contributed by atoms with van der Waals surface area (Å²) in [7, 11) is 0.201. The van der Waals surface area contributed by atoms with E-state index < -0.39 is 0 Å². The topological polar surface area (TPSA) is 0 Å². The number of hydrogen-bond donors (Lipinski definition) is 0. The Balaban J connectivity index is 2.10. The third-order valence-corrected chi connectivity index (χ3v) is 11.6. The summed E-state index contributed by atoms with van der Waals surface area (Å²) >= 11 is 0. The molecule has 10 radical (unpaired) electrons. The SMILES string of the molecule is CCP(CC)[C@H](C)[C]1[CH][CH][CH][C]1[C]1[CH][CH][CH][C]1[C@@H](C)P(CC)CC. The third-order valence-electron chi connectivity index (χ3n) is 5.61. The molecule has 0 aromatic rings. The second kappa shape index (κ2) is 10.3. The quantitative estimate of drug-likeness (QED) is 0.420. The van der Waals surface area contributed by atoms with E-state index in [9.17, 15) is 0 Å². The molecular weight excluding hydrogens is 326 g/mol. The first-order chi connectivity index (χ1) is 11.6. The summed E-state index contributed by atoms with van der Waals surface area (Å²) in [6.45, 7) is 14.4. The van der Waals surface area contributed by atoms with E-state index in [1.54, 1.807) is 11.8 Å². The molecule has 2 aliphatic carbocycles. The molecule has 0 bridgehead atoms. The highest BCUT2D eigenvalue weighted by Gasteiger charge is 2.46. The average Bonchev–Trinajstić information content (AvgIpc) is 3.25. The largest absolute Gasteiger partial charge is 0.104 e. The zero-order valence-corrected chi connectivity index (χ0v) is 18.1. The lowest BCUT2D eigenvalue weighted by Gasteiger charge is -2.38. The zero-order chi connectivity index (χ0) is 17.7. The maximum atomic E-state index is 2.45. The van der Waals surface area contributed by atoms with Gasteiger partial charge < -0.3 is 0 Å². The first kappa shape index (κ1) is 21.2. The fourth-order valence-corrected chi connectivity index (χ4v) is 8.35. The summed E-state index contributed by atoms with van der Waals surface area (Å²) in [6, 6.07) is 0. The second-order valence-corrected chi connectivity index (χ2v) is 13.0. The van der Waals surface area contributed by atoms with Gasteiger partial charge in [-0.2, -0.15) is 0 Å². The highest BCUT2D eigenvalue weighted by molar-refractivity contribution is 7.58. The first-order valence-corrected chi connectivity index (χ1v) is 13.1. The summed E-state index contributed by atoms with van der Waals surface area (Å²) in [4.78, 5) is 0. The predicted molar refractivity (Wildman–Crippen MR) is 114 cm³/mol. The molecule has 0 aromatic heterocycles. The number of hydrogen-bond acceptors (Lipinski definition) is 0. The van der Waals surface area contributed by atoms with Crippen molar-refractivity contribution in [3.8, 4) is 0 Å². The van der Waals surface area contributed by atoms with E-state index in [0.29, 0.717) is 11.3 Å². The average molecular weight is 360 g/mol. The van der Waals surface area contributed by atoms with E-state index in [1.165, 1.54) is 36.5 Å². The van der Waals surface area contributed by atoms with Gasteiger partial charge in [-0.1, -0.05) is 41.5 Å². The van der Waals surface area contributed by atoms with Crippen LogP contribution in [0.4, 0.5) is 0 Å². The first-order valence-electron chi connectivity index (χ1n) is 9.58. The summed E-state index contributed by atoms with van der Waals surface area (Å²) in [5.74, 6) is 6.18. The Hall–Kier alpha value is 0.860. The van der Waals surface area contributed by atoms with Gasteiger partial charge in [-0.3, -0.25) is 0 Å². The molecule has 2 fully saturated rings. The molecule has 132 valence electrons. The maximum Gasteiger partial charge on any atom is -0.00502 e. The summed E-state index contributed by atoms with van der Waals surface area (Å²) in [6.07, 6.45) is 19.3. The van der Waals surface area contributed by atoms with Gasteiger partial charge in [0, 0.05) is 0 Å². The molecule has 2 rings (SSSR count). The molecule has 2 saturated carbocycles. The van der Waals surface area contributed by atoms with Gasteiger partial charge in [0.1, 0.15) is 0 Å². The highest BCUT2D eigenvalue weighted by atomic mass is 31.1. The predicted octanol–water partition coefficient (Wildman–Crippen LogP) is 6.36. The Morgan fingerprint density at radius 1 is 0.625 bits per heavy atom. The number of rotatable bonds is 9. The summed E-state index contributed by atoms with van der Waals surface area (Å²) in [5.41, 5.74) is 1.41. The van der Waals surface area contributed by atoms with E-state index >= 15 is 0 Å².